The summed E-state index contributed by atoms with van der Waals surface area (Å²) in [6.45, 7) is 1.40. The quantitative estimate of drug-likeness (QED) is 0.926. The predicted octanol–water partition coefficient (Wildman–Crippen LogP) is 2.18. The number of piperidine rings is 1. The van der Waals surface area contributed by atoms with E-state index < -0.39 is 0 Å². The number of likely N-dealkylation sites (tertiary alicyclic amines) is 1. The van der Waals surface area contributed by atoms with Crippen molar-refractivity contribution in [3.63, 3.8) is 0 Å². The van der Waals surface area contributed by atoms with Crippen molar-refractivity contribution in [3.05, 3.63) is 34.3 Å². The number of rotatable bonds is 3. The number of carbonyl (C=O) groups is 2. The Balaban J connectivity index is 1.94. The van der Waals surface area contributed by atoms with Crippen LogP contribution in [-0.4, -0.2) is 29.8 Å². The molecule has 0 atom stereocenters. The fourth-order valence-corrected chi connectivity index (χ4v) is 2.83. The lowest BCUT2D eigenvalue weighted by molar-refractivity contribution is -0.119. The average Bonchev–Trinajstić information content (AvgIpc) is 2.38. The van der Waals surface area contributed by atoms with Crippen LogP contribution in [0.25, 0.3) is 0 Å². The molecule has 5 heteroatoms. The highest BCUT2D eigenvalue weighted by Gasteiger charge is 2.24. The summed E-state index contributed by atoms with van der Waals surface area (Å²) in [5.74, 6) is 0.125. The van der Waals surface area contributed by atoms with Crippen molar-refractivity contribution in [2.45, 2.75) is 19.3 Å². The molecular formula is C14H17BrN2O2. The molecule has 1 saturated heterocycles. The van der Waals surface area contributed by atoms with E-state index in [1.54, 1.807) is 0 Å². The van der Waals surface area contributed by atoms with Crippen LogP contribution in [0.2, 0.25) is 0 Å². The molecule has 1 aliphatic rings. The molecule has 0 aromatic heterocycles. The third-order valence-electron chi connectivity index (χ3n) is 3.46. The molecule has 19 heavy (non-hydrogen) atoms. The minimum absolute atomic E-state index is 0.0545. The van der Waals surface area contributed by atoms with Crippen LogP contribution in [0.15, 0.2) is 28.7 Å². The zero-order valence-corrected chi connectivity index (χ0v) is 12.2. The molecule has 0 aliphatic carbocycles. The van der Waals surface area contributed by atoms with Crippen LogP contribution in [0.5, 0.6) is 0 Å². The molecule has 102 valence electrons. The minimum Gasteiger partial charge on any atom is -0.370 e. The maximum atomic E-state index is 12.3. The number of hydrogen-bond acceptors (Lipinski definition) is 2. The Morgan fingerprint density at radius 1 is 1.32 bits per heavy atom. The Kier molecular flexibility index (Phi) is 4.58. The van der Waals surface area contributed by atoms with E-state index in [4.69, 9.17) is 5.73 Å². The lowest BCUT2D eigenvalue weighted by atomic mass is 9.93. The van der Waals surface area contributed by atoms with Crippen LogP contribution in [0.3, 0.4) is 0 Å². The third kappa shape index (κ3) is 3.80. The van der Waals surface area contributed by atoms with Crippen molar-refractivity contribution in [2.75, 3.05) is 13.1 Å². The number of primary amides is 1. The lowest BCUT2D eigenvalue weighted by Crippen LogP contribution is -2.39. The van der Waals surface area contributed by atoms with Gasteiger partial charge in [0.05, 0.1) is 0 Å². The van der Waals surface area contributed by atoms with Gasteiger partial charge in [-0.05, 0) is 37.0 Å². The van der Waals surface area contributed by atoms with E-state index in [0.29, 0.717) is 31.0 Å². The van der Waals surface area contributed by atoms with Crippen molar-refractivity contribution >= 4 is 27.7 Å². The highest BCUT2D eigenvalue weighted by molar-refractivity contribution is 9.10. The fraction of sp³-hybridized carbons (Fsp3) is 0.429. The van der Waals surface area contributed by atoms with Crippen molar-refractivity contribution in [1.29, 1.82) is 0 Å². The van der Waals surface area contributed by atoms with Crippen molar-refractivity contribution in [1.82, 2.24) is 4.90 Å². The van der Waals surface area contributed by atoms with E-state index in [1.165, 1.54) is 0 Å². The van der Waals surface area contributed by atoms with E-state index >= 15 is 0 Å². The second-order valence-electron chi connectivity index (χ2n) is 4.92. The van der Waals surface area contributed by atoms with Crippen LogP contribution in [0.4, 0.5) is 0 Å². The number of amides is 2. The maximum Gasteiger partial charge on any atom is 0.253 e. The zero-order valence-electron chi connectivity index (χ0n) is 10.6. The largest absolute Gasteiger partial charge is 0.370 e. The molecule has 0 radical (unpaired) electrons. The molecule has 1 aliphatic heterocycles. The fourth-order valence-electron chi connectivity index (χ4n) is 2.43. The smallest absolute Gasteiger partial charge is 0.253 e. The highest BCUT2D eigenvalue weighted by atomic mass is 79.9. The molecule has 2 amide bonds. The number of halogens is 1. The molecule has 2 rings (SSSR count). The van der Waals surface area contributed by atoms with Gasteiger partial charge < -0.3 is 10.6 Å². The third-order valence-corrected chi connectivity index (χ3v) is 3.96. The Morgan fingerprint density at radius 3 is 2.58 bits per heavy atom. The number of benzene rings is 1. The summed E-state index contributed by atoms with van der Waals surface area (Å²) in [5.41, 5.74) is 5.90. The molecule has 1 fully saturated rings. The maximum absolute atomic E-state index is 12.3. The first-order chi connectivity index (χ1) is 9.06. The van der Waals surface area contributed by atoms with Gasteiger partial charge in [0, 0.05) is 29.5 Å². The Bertz CT molecular complexity index is 482. The van der Waals surface area contributed by atoms with Gasteiger partial charge in [0.25, 0.3) is 5.91 Å². The van der Waals surface area contributed by atoms with E-state index in [0.717, 1.165) is 17.3 Å². The number of nitrogens with two attached hydrogens (primary N) is 1. The molecule has 0 spiro atoms. The van der Waals surface area contributed by atoms with Crippen LogP contribution in [-0.2, 0) is 4.79 Å². The number of nitrogens with zero attached hydrogens (tertiary/aromatic N) is 1. The van der Waals surface area contributed by atoms with Gasteiger partial charge in [-0.3, -0.25) is 9.59 Å². The van der Waals surface area contributed by atoms with Gasteiger partial charge in [-0.25, -0.2) is 0 Å². The molecule has 1 aromatic rings. The first-order valence-corrected chi connectivity index (χ1v) is 7.18. The molecule has 1 aromatic carbocycles. The summed E-state index contributed by atoms with van der Waals surface area (Å²) in [7, 11) is 0. The monoisotopic (exact) mass is 324 g/mol. The van der Waals surface area contributed by atoms with Crippen molar-refractivity contribution in [2.24, 2.45) is 11.7 Å². The van der Waals surface area contributed by atoms with E-state index in [1.807, 2.05) is 29.2 Å². The SMILES string of the molecule is NC(=O)CC1CCN(C(=O)c2cccc(Br)c2)CC1. The molecule has 0 bridgehead atoms. The topological polar surface area (TPSA) is 63.4 Å². The molecule has 0 unspecified atom stereocenters. The van der Waals surface area contributed by atoms with Gasteiger partial charge in [-0.2, -0.15) is 0 Å². The predicted molar refractivity (Wildman–Crippen MR) is 76.6 cm³/mol. The normalized spacial score (nSPS) is 16.4. The van der Waals surface area contributed by atoms with Crippen molar-refractivity contribution < 1.29 is 9.59 Å². The number of carbonyl (C=O) groups excluding carboxylic acids is 2. The summed E-state index contributed by atoms with van der Waals surface area (Å²) in [6.07, 6.45) is 2.13. The van der Waals surface area contributed by atoms with Crippen LogP contribution in [0, 0.1) is 5.92 Å². The number of hydrogen-bond donors (Lipinski definition) is 1. The first-order valence-electron chi connectivity index (χ1n) is 6.39. The Hall–Kier alpha value is -1.36. The summed E-state index contributed by atoms with van der Waals surface area (Å²) in [4.78, 5) is 25.0. The van der Waals surface area contributed by atoms with Crippen LogP contribution in [0.1, 0.15) is 29.6 Å². The highest BCUT2D eigenvalue weighted by Crippen LogP contribution is 2.22. The van der Waals surface area contributed by atoms with Crippen LogP contribution >= 0.6 is 15.9 Å². The average molecular weight is 325 g/mol. The van der Waals surface area contributed by atoms with E-state index in [-0.39, 0.29) is 11.8 Å². The van der Waals surface area contributed by atoms with Crippen molar-refractivity contribution in [3.8, 4) is 0 Å². The van der Waals surface area contributed by atoms with Crippen LogP contribution < -0.4 is 5.73 Å². The second-order valence-corrected chi connectivity index (χ2v) is 5.83. The van der Waals surface area contributed by atoms with Gasteiger partial charge >= 0.3 is 0 Å². The molecule has 4 nitrogen and oxygen atoms in total. The summed E-state index contributed by atoms with van der Waals surface area (Å²) >= 11 is 3.37. The van der Waals surface area contributed by atoms with Gasteiger partial charge in [0.15, 0.2) is 0 Å². The Morgan fingerprint density at radius 2 is 2.00 bits per heavy atom. The first kappa shape index (κ1) is 14.1. The summed E-state index contributed by atoms with van der Waals surface area (Å²) in [6, 6.07) is 7.41. The molecule has 0 saturated carbocycles. The summed E-state index contributed by atoms with van der Waals surface area (Å²) < 4.78 is 0.905. The van der Waals surface area contributed by atoms with Gasteiger partial charge in [-0.1, -0.05) is 22.0 Å². The Labute approximate surface area is 121 Å². The van der Waals surface area contributed by atoms with Gasteiger partial charge in [0.2, 0.25) is 5.91 Å². The zero-order chi connectivity index (χ0) is 13.8. The molecule has 1 heterocycles. The van der Waals surface area contributed by atoms with E-state index in [9.17, 15) is 9.59 Å². The molecule has 2 N–H and O–H groups in total. The minimum atomic E-state index is -0.253. The van der Waals surface area contributed by atoms with Gasteiger partial charge in [-0.15, -0.1) is 0 Å². The van der Waals surface area contributed by atoms with E-state index in [2.05, 4.69) is 15.9 Å². The summed E-state index contributed by atoms with van der Waals surface area (Å²) in [5, 5.41) is 0. The lowest BCUT2D eigenvalue weighted by Gasteiger charge is -2.31. The standard InChI is InChI=1S/C14H17BrN2O2/c15-12-3-1-2-11(9-12)14(19)17-6-4-10(5-7-17)8-13(16)18/h1-3,9-10H,4-8H2,(H2,16,18). The van der Waals surface area contributed by atoms with Gasteiger partial charge in [0.1, 0.15) is 0 Å². The molecular weight excluding hydrogens is 308 g/mol. The second kappa shape index (κ2) is 6.19.